The van der Waals surface area contributed by atoms with Crippen LogP contribution in [0.2, 0.25) is 0 Å². The lowest BCUT2D eigenvalue weighted by molar-refractivity contribution is 0.246. The van der Waals surface area contributed by atoms with Crippen LogP contribution >= 0.6 is 0 Å². The van der Waals surface area contributed by atoms with Crippen molar-refractivity contribution in [3.05, 3.63) is 82.5 Å². The Labute approximate surface area is 207 Å². The first kappa shape index (κ1) is 23.7. The number of fused-ring (bicyclic) bond motifs is 1. The standard InChI is InChI=1S/C28H27FN2O5/c1-34-25-10-3-18(15-26(25)35-2)23-17-36-28-21(27(23)33)8-9-24(32)22(28)16-30-11-13-31(14-12-30)20-6-4-19(29)5-7-20/h3-10,15,17,32H,11-14,16H2,1-2H3. The molecule has 7 nitrogen and oxygen atoms in total. The number of rotatable bonds is 6. The fourth-order valence-corrected chi connectivity index (χ4v) is 4.64. The van der Waals surface area contributed by atoms with Gasteiger partial charge in [-0.3, -0.25) is 9.69 Å². The minimum Gasteiger partial charge on any atom is -0.507 e. The molecule has 5 rings (SSSR count). The molecule has 1 aliphatic rings. The highest BCUT2D eigenvalue weighted by atomic mass is 19.1. The molecule has 1 aliphatic heterocycles. The van der Waals surface area contributed by atoms with Crippen molar-refractivity contribution in [3.63, 3.8) is 0 Å². The van der Waals surface area contributed by atoms with Crippen molar-refractivity contribution in [2.45, 2.75) is 6.54 Å². The number of nitrogens with zero attached hydrogens (tertiary/aromatic N) is 2. The van der Waals surface area contributed by atoms with Gasteiger partial charge in [-0.1, -0.05) is 6.07 Å². The Hall–Kier alpha value is -4.04. The first-order valence-corrected chi connectivity index (χ1v) is 11.7. The summed E-state index contributed by atoms with van der Waals surface area (Å²) in [5.74, 6) is 0.920. The number of halogens is 1. The van der Waals surface area contributed by atoms with Crippen LogP contribution in [0.25, 0.3) is 22.1 Å². The number of methoxy groups -OCH3 is 2. The predicted octanol–water partition coefficient (Wildman–Crippen LogP) is 4.64. The van der Waals surface area contributed by atoms with Gasteiger partial charge in [0.2, 0.25) is 5.43 Å². The monoisotopic (exact) mass is 490 g/mol. The van der Waals surface area contributed by atoms with Crippen molar-refractivity contribution in [1.29, 1.82) is 0 Å². The number of ether oxygens (including phenoxy) is 2. The summed E-state index contributed by atoms with van der Waals surface area (Å²) < 4.78 is 29.9. The number of phenols is 1. The highest BCUT2D eigenvalue weighted by Crippen LogP contribution is 2.33. The maximum atomic E-state index is 13.4. The quantitative estimate of drug-likeness (QED) is 0.422. The van der Waals surface area contributed by atoms with E-state index in [2.05, 4.69) is 9.80 Å². The summed E-state index contributed by atoms with van der Waals surface area (Å²) in [6.45, 7) is 3.48. The number of benzene rings is 3. The number of hydrogen-bond acceptors (Lipinski definition) is 7. The molecule has 8 heteroatoms. The van der Waals surface area contributed by atoms with E-state index >= 15 is 0 Å². The minimum atomic E-state index is -0.250. The molecule has 36 heavy (non-hydrogen) atoms. The molecule has 0 aliphatic carbocycles. The Morgan fingerprint density at radius 2 is 1.67 bits per heavy atom. The molecular weight excluding hydrogens is 463 g/mol. The lowest BCUT2D eigenvalue weighted by Crippen LogP contribution is -2.46. The predicted molar refractivity (Wildman–Crippen MR) is 137 cm³/mol. The first-order valence-electron chi connectivity index (χ1n) is 11.7. The van der Waals surface area contributed by atoms with Crippen molar-refractivity contribution in [2.24, 2.45) is 0 Å². The third-order valence-electron chi connectivity index (χ3n) is 6.66. The van der Waals surface area contributed by atoms with Crippen LogP contribution in [0.15, 0.2) is 70.1 Å². The molecule has 186 valence electrons. The van der Waals surface area contributed by atoms with Crippen molar-refractivity contribution >= 4 is 16.7 Å². The molecule has 4 aromatic rings. The SMILES string of the molecule is COc1ccc(-c2coc3c(CN4CCN(c5ccc(F)cc5)CC4)c(O)ccc3c2=O)cc1OC. The lowest BCUT2D eigenvalue weighted by Gasteiger charge is -2.36. The van der Waals surface area contributed by atoms with E-state index in [1.54, 1.807) is 56.7 Å². The first-order chi connectivity index (χ1) is 17.5. The number of hydrogen-bond donors (Lipinski definition) is 1. The fraction of sp³-hybridized carbons (Fsp3) is 0.250. The third kappa shape index (κ3) is 4.47. The smallest absolute Gasteiger partial charge is 0.200 e. The van der Waals surface area contributed by atoms with E-state index in [1.165, 1.54) is 18.4 Å². The highest BCUT2D eigenvalue weighted by Gasteiger charge is 2.22. The second-order valence-corrected chi connectivity index (χ2v) is 8.73. The van der Waals surface area contributed by atoms with Gasteiger partial charge in [-0.25, -0.2) is 4.39 Å². The van der Waals surface area contributed by atoms with Gasteiger partial charge < -0.3 is 23.9 Å². The normalized spacial score (nSPS) is 14.2. The van der Waals surface area contributed by atoms with Gasteiger partial charge in [0.15, 0.2) is 11.5 Å². The Morgan fingerprint density at radius 3 is 2.36 bits per heavy atom. The fourth-order valence-electron chi connectivity index (χ4n) is 4.64. The number of piperazine rings is 1. The van der Waals surface area contributed by atoms with E-state index in [9.17, 15) is 14.3 Å². The van der Waals surface area contributed by atoms with Crippen molar-refractivity contribution in [3.8, 4) is 28.4 Å². The van der Waals surface area contributed by atoms with E-state index in [0.717, 1.165) is 31.9 Å². The van der Waals surface area contributed by atoms with Gasteiger partial charge in [0.05, 0.1) is 30.7 Å². The van der Waals surface area contributed by atoms with Crippen molar-refractivity contribution in [1.82, 2.24) is 4.90 Å². The van der Waals surface area contributed by atoms with Gasteiger partial charge in [-0.2, -0.15) is 0 Å². The second-order valence-electron chi connectivity index (χ2n) is 8.73. The topological polar surface area (TPSA) is 75.4 Å². The zero-order chi connectivity index (χ0) is 25.2. The van der Waals surface area contributed by atoms with Crippen LogP contribution in [0, 0.1) is 5.82 Å². The van der Waals surface area contributed by atoms with Gasteiger partial charge >= 0.3 is 0 Å². The molecule has 0 radical (unpaired) electrons. The van der Waals surface area contributed by atoms with Gasteiger partial charge in [-0.15, -0.1) is 0 Å². The number of phenolic OH excluding ortho intramolecular Hbond substituents is 1. The summed E-state index contributed by atoms with van der Waals surface area (Å²) in [7, 11) is 3.09. The summed E-state index contributed by atoms with van der Waals surface area (Å²) in [6.07, 6.45) is 1.43. The molecular formula is C28H27FN2O5. The molecule has 0 unspecified atom stereocenters. The zero-order valence-corrected chi connectivity index (χ0v) is 20.2. The maximum absolute atomic E-state index is 13.4. The van der Waals surface area contributed by atoms with Crippen LogP contribution < -0.4 is 19.8 Å². The molecule has 3 aromatic carbocycles. The van der Waals surface area contributed by atoms with Crippen molar-refractivity contribution in [2.75, 3.05) is 45.3 Å². The van der Waals surface area contributed by atoms with E-state index < -0.39 is 0 Å². The summed E-state index contributed by atoms with van der Waals surface area (Å²) in [6, 6.07) is 14.9. The van der Waals surface area contributed by atoms with Gasteiger partial charge in [0.25, 0.3) is 0 Å². The summed E-state index contributed by atoms with van der Waals surface area (Å²) in [5.41, 5.74) is 2.80. The molecule has 1 N–H and O–H groups in total. The molecule has 0 spiro atoms. The van der Waals surface area contributed by atoms with Gasteiger partial charge in [0.1, 0.15) is 23.4 Å². The van der Waals surface area contributed by atoms with E-state index in [0.29, 0.717) is 45.7 Å². The van der Waals surface area contributed by atoms with E-state index in [-0.39, 0.29) is 17.0 Å². The average Bonchev–Trinajstić information content (AvgIpc) is 2.91. The molecule has 1 saturated heterocycles. The largest absolute Gasteiger partial charge is 0.507 e. The van der Waals surface area contributed by atoms with Crippen molar-refractivity contribution < 1.29 is 23.4 Å². The minimum absolute atomic E-state index is 0.0884. The van der Waals surface area contributed by atoms with Crippen LogP contribution in [0.4, 0.5) is 10.1 Å². The summed E-state index contributed by atoms with van der Waals surface area (Å²) in [5, 5.41) is 11.0. The molecule has 1 aromatic heterocycles. The highest BCUT2D eigenvalue weighted by molar-refractivity contribution is 5.86. The van der Waals surface area contributed by atoms with Crippen LogP contribution in [0.5, 0.6) is 17.2 Å². The Morgan fingerprint density at radius 1 is 0.944 bits per heavy atom. The van der Waals surface area contributed by atoms with Gasteiger partial charge in [-0.05, 0) is 54.1 Å². The molecule has 0 amide bonds. The number of aromatic hydroxyl groups is 1. The lowest BCUT2D eigenvalue weighted by atomic mass is 10.0. The van der Waals surface area contributed by atoms with Crippen LogP contribution in [-0.4, -0.2) is 50.4 Å². The molecule has 0 saturated carbocycles. The Balaban J connectivity index is 1.40. The van der Waals surface area contributed by atoms with E-state index in [1.807, 2.05) is 0 Å². The molecule has 2 heterocycles. The molecule has 0 atom stereocenters. The summed E-state index contributed by atoms with van der Waals surface area (Å²) in [4.78, 5) is 17.8. The third-order valence-corrected chi connectivity index (χ3v) is 6.66. The van der Waals surface area contributed by atoms with E-state index in [4.69, 9.17) is 13.9 Å². The Kier molecular flexibility index (Phi) is 6.52. The van der Waals surface area contributed by atoms with Gasteiger partial charge in [0, 0.05) is 38.4 Å². The zero-order valence-electron chi connectivity index (χ0n) is 20.2. The van der Waals surface area contributed by atoms with Crippen LogP contribution in [0.3, 0.4) is 0 Å². The molecule has 1 fully saturated rings. The maximum Gasteiger partial charge on any atom is 0.200 e. The Bertz CT molecular complexity index is 1440. The number of anilines is 1. The van der Waals surface area contributed by atoms with Crippen LogP contribution in [-0.2, 0) is 6.54 Å². The van der Waals surface area contributed by atoms with Crippen LogP contribution in [0.1, 0.15) is 5.56 Å². The molecule has 0 bridgehead atoms. The summed E-state index contributed by atoms with van der Waals surface area (Å²) >= 11 is 0. The average molecular weight is 491 g/mol. The second kappa shape index (κ2) is 9.91.